The van der Waals surface area contributed by atoms with Crippen molar-refractivity contribution in [3.8, 4) is 0 Å². The lowest BCUT2D eigenvalue weighted by atomic mass is 9.85. The number of hydrogen-bond acceptors (Lipinski definition) is 2. The fourth-order valence-electron chi connectivity index (χ4n) is 2.67. The fraction of sp³-hybridized carbons (Fsp3) is 0.556. The Labute approximate surface area is 122 Å². The molecule has 2 rings (SSSR count). The van der Waals surface area contributed by atoms with Crippen molar-refractivity contribution in [2.75, 3.05) is 6.54 Å². The maximum Gasteiger partial charge on any atom is 0.137 e. The molecular formula is C18H27NO. The molecule has 0 aliphatic carbocycles. The molecule has 0 bridgehead atoms. The number of hydrogen-bond donors (Lipinski definition) is 1. The molecule has 2 heteroatoms. The molecule has 0 atom stereocenters. The van der Waals surface area contributed by atoms with Crippen LogP contribution in [0.15, 0.2) is 16.5 Å². The van der Waals surface area contributed by atoms with Crippen molar-refractivity contribution in [2.45, 2.75) is 59.9 Å². The first-order valence-corrected chi connectivity index (χ1v) is 7.64. The second-order valence-electron chi connectivity index (χ2n) is 6.56. The molecule has 20 heavy (non-hydrogen) atoms. The maximum atomic E-state index is 6.13. The SMILES string of the molecule is CCNCc1oc2c(C)cc(C(C)(C)C)cc2c1CC. The minimum absolute atomic E-state index is 0.170. The van der Waals surface area contributed by atoms with Gasteiger partial charge < -0.3 is 9.73 Å². The van der Waals surface area contributed by atoms with Crippen LogP contribution in [0.25, 0.3) is 11.0 Å². The van der Waals surface area contributed by atoms with Crippen LogP contribution in [0.4, 0.5) is 0 Å². The average Bonchev–Trinajstić information content (AvgIpc) is 2.73. The van der Waals surface area contributed by atoms with Gasteiger partial charge in [-0.25, -0.2) is 0 Å². The first-order chi connectivity index (χ1) is 9.38. The molecule has 0 fully saturated rings. The summed E-state index contributed by atoms with van der Waals surface area (Å²) >= 11 is 0. The first-order valence-electron chi connectivity index (χ1n) is 7.64. The highest BCUT2D eigenvalue weighted by atomic mass is 16.3. The zero-order chi connectivity index (χ0) is 14.9. The van der Waals surface area contributed by atoms with Crippen molar-refractivity contribution in [1.29, 1.82) is 0 Å². The minimum atomic E-state index is 0.170. The van der Waals surface area contributed by atoms with E-state index in [1.54, 1.807) is 0 Å². The van der Waals surface area contributed by atoms with Crippen LogP contribution in [0.2, 0.25) is 0 Å². The van der Waals surface area contributed by atoms with Crippen LogP contribution in [0.5, 0.6) is 0 Å². The number of rotatable bonds is 4. The van der Waals surface area contributed by atoms with Crippen LogP contribution in [0, 0.1) is 6.92 Å². The van der Waals surface area contributed by atoms with Gasteiger partial charge in [0.2, 0.25) is 0 Å². The molecule has 0 saturated heterocycles. The van der Waals surface area contributed by atoms with Crippen LogP contribution < -0.4 is 5.32 Å². The number of benzene rings is 1. The smallest absolute Gasteiger partial charge is 0.137 e. The second kappa shape index (κ2) is 5.61. The highest BCUT2D eigenvalue weighted by Gasteiger charge is 2.19. The van der Waals surface area contributed by atoms with Gasteiger partial charge in [-0.15, -0.1) is 0 Å². The summed E-state index contributed by atoms with van der Waals surface area (Å²) in [4.78, 5) is 0. The lowest BCUT2D eigenvalue weighted by Crippen LogP contribution is -2.12. The molecule has 1 aromatic carbocycles. The van der Waals surface area contributed by atoms with E-state index in [2.05, 4.69) is 59.0 Å². The molecule has 0 unspecified atom stereocenters. The molecule has 1 aromatic heterocycles. The van der Waals surface area contributed by atoms with Gasteiger partial charge in [-0.3, -0.25) is 0 Å². The molecule has 2 nitrogen and oxygen atoms in total. The van der Waals surface area contributed by atoms with Gasteiger partial charge in [0, 0.05) is 10.9 Å². The molecule has 1 heterocycles. The van der Waals surface area contributed by atoms with E-state index >= 15 is 0 Å². The predicted octanol–water partition coefficient (Wildman–Crippen LogP) is 4.71. The van der Waals surface area contributed by atoms with Crippen molar-refractivity contribution in [2.24, 2.45) is 0 Å². The summed E-state index contributed by atoms with van der Waals surface area (Å²) in [5.74, 6) is 1.10. The van der Waals surface area contributed by atoms with E-state index < -0.39 is 0 Å². The van der Waals surface area contributed by atoms with Gasteiger partial charge in [-0.05, 0) is 42.5 Å². The Morgan fingerprint density at radius 1 is 1.15 bits per heavy atom. The van der Waals surface area contributed by atoms with E-state index in [1.807, 2.05) is 0 Å². The van der Waals surface area contributed by atoms with Crippen molar-refractivity contribution in [1.82, 2.24) is 5.32 Å². The Morgan fingerprint density at radius 3 is 2.40 bits per heavy atom. The van der Waals surface area contributed by atoms with E-state index in [4.69, 9.17) is 4.42 Å². The molecule has 0 spiro atoms. The zero-order valence-electron chi connectivity index (χ0n) is 13.7. The summed E-state index contributed by atoms with van der Waals surface area (Å²) in [6.07, 6.45) is 1.01. The largest absolute Gasteiger partial charge is 0.459 e. The first kappa shape index (κ1) is 15.1. The number of nitrogens with one attached hydrogen (secondary N) is 1. The van der Waals surface area contributed by atoms with E-state index in [0.717, 1.165) is 30.9 Å². The zero-order valence-corrected chi connectivity index (χ0v) is 13.7. The average molecular weight is 273 g/mol. The van der Waals surface area contributed by atoms with Gasteiger partial charge in [0.25, 0.3) is 0 Å². The minimum Gasteiger partial charge on any atom is -0.459 e. The fourth-order valence-corrected chi connectivity index (χ4v) is 2.67. The third kappa shape index (κ3) is 2.76. The summed E-state index contributed by atoms with van der Waals surface area (Å²) < 4.78 is 6.13. The van der Waals surface area contributed by atoms with Crippen LogP contribution in [0.3, 0.4) is 0 Å². The highest BCUT2D eigenvalue weighted by molar-refractivity contribution is 5.86. The number of furan rings is 1. The Kier molecular flexibility index (Phi) is 4.24. The standard InChI is InChI=1S/C18H27NO/c1-7-14-15-10-13(18(4,5)6)9-12(3)17(15)20-16(14)11-19-8-2/h9-10,19H,7-8,11H2,1-6H3. The summed E-state index contributed by atoms with van der Waals surface area (Å²) in [7, 11) is 0. The second-order valence-corrected chi connectivity index (χ2v) is 6.56. The normalized spacial score (nSPS) is 12.3. The third-order valence-corrected chi connectivity index (χ3v) is 3.92. The summed E-state index contributed by atoms with van der Waals surface area (Å²) in [5, 5.41) is 4.67. The summed E-state index contributed by atoms with van der Waals surface area (Å²) in [6.45, 7) is 15.1. The van der Waals surface area contributed by atoms with E-state index in [1.165, 1.54) is 22.1 Å². The van der Waals surface area contributed by atoms with Crippen LogP contribution in [0.1, 0.15) is 57.1 Å². The third-order valence-electron chi connectivity index (χ3n) is 3.92. The van der Waals surface area contributed by atoms with Crippen molar-refractivity contribution in [3.05, 3.63) is 34.6 Å². The lowest BCUT2D eigenvalue weighted by Gasteiger charge is -2.19. The Hall–Kier alpha value is -1.28. The quantitative estimate of drug-likeness (QED) is 0.872. The maximum absolute atomic E-state index is 6.13. The summed E-state index contributed by atoms with van der Waals surface area (Å²) in [6, 6.07) is 4.59. The van der Waals surface area contributed by atoms with E-state index in [9.17, 15) is 0 Å². The molecule has 0 amide bonds. The molecule has 1 N–H and O–H groups in total. The Bertz CT molecular complexity index is 602. The van der Waals surface area contributed by atoms with E-state index in [-0.39, 0.29) is 5.41 Å². The lowest BCUT2D eigenvalue weighted by molar-refractivity contribution is 0.512. The van der Waals surface area contributed by atoms with Crippen molar-refractivity contribution >= 4 is 11.0 Å². The molecule has 2 aromatic rings. The van der Waals surface area contributed by atoms with Gasteiger partial charge in [-0.1, -0.05) is 40.7 Å². The van der Waals surface area contributed by atoms with Gasteiger partial charge in [0.15, 0.2) is 0 Å². The van der Waals surface area contributed by atoms with E-state index in [0.29, 0.717) is 0 Å². The molecular weight excluding hydrogens is 246 g/mol. The van der Waals surface area contributed by atoms with Crippen LogP contribution in [-0.4, -0.2) is 6.54 Å². The van der Waals surface area contributed by atoms with Crippen molar-refractivity contribution in [3.63, 3.8) is 0 Å². The monoisotopic (exact) mass is 273 g/mol. The molecule has 110 valence electrons. The summed E-state index contributed by atoms with van der Waals surface area (Å²) in [5.41, 5.74) is 5.21. The molecule has 0 radical (unpaired) electrons. The van der Waals surface area contributed by atoms with Crippen LogP contribution >= 0.6 is 0 Å². The predicted molar refractivity (Wildman–Crippen MR) is 86.4 cm³/mol. The Morgan fingerprint density at radius 2 is 1.85 bits per heavy atom. The number of fused-ring (bicyclic) bond motifs is 1. The molecule has 0 aliphatic rings. The number of aryl methyl sites for hydroxylation is 2. The van der Waals surface area contributed by atoms with Gasteiger partial charge in [-0.2, -0.15) is 0 Å². The van der Waals surface area contributed by atoms with Crippen LogP contribution in [-0.2, 0) is 18.4 Å². The highest BCUT2D eigenvalue weighted by Crippen LogP contribution is 2.34. The Balaban J connectivity index is 2.62. The van der Waals surface area contributed by atoms with Gasteiger partial charge >= 0.3 is 0 Å². The topological polar surface area (TPSA) is 25.2 Å². The van der Waals surface area contributed by atoms with Gasteiger partial charge in [0.05, 0.1) is 6.54 Å². The van der Waals surface area contributed by atoms with Gasteiger partial charge in [0.1, 0.15) is 11.3 Å². The van der Waals surface area contributed by atoms with Crippen molar-refractivity contribution < 1.29 is 4.42 Å². The molecule has 0 aliphatic heterocycles. The molecule has 0 saturated carbocycles.